The highest BCUT2D eigenvalue weighted by Gasteiger charge is 2.17. The summed E-state index contributed by atoms with van der Waals surface area (Å²) in [5.74, 6) is 1.97. The predicted octanol–water partition coefficient (Wildman–Crippen LogP) is 3.54. The van der Waals surface area contributed by atoms with Crippen LogP contribution in [0.5, 0.6) is 0 Å². The van der Waals surface area contributed by atoms with Crippen LogP contribution < -0.4 is 5.73 Å². The minimum atomic E-state index is 0.251. The van der Waals surface area contributed by atoms with Crippen LogP contribution in [0.2, 0.25) is 0 Å². The molecule has 1 atom stereocenters. The quantitative estimate of drug-likeness (QED) is 0.766. The molecule has 116 valence electrons. The first-order valence-corrected chi connectivity index (χ1v) is 7.93. The highest BCUT2D eigenvalue weighted by atomic mass is 16.3. The third-order valence-electron chi connectivity index (χ3n) is 3.99. The molecule has 0 spiro atoms. The predicted molar refractivity (Wildman–Crippen MR) is 88.3 cm³/mol. The van der Waals surface area contributed by atoms with Crippen LogP contribution in [0.15, 0.2) is 18.2 Å². The number of rotatable bonds is 7. The van der Waals surface area contributed by atoms with Gasteiger partial charge in [-0.05, 0) is 37.0 Å². The average molecular weight is 289 g/mol. The monoisotopic (exact) mass is 289 g/mol. The summed E-state index contributed by atoms with van der Waals surface area (Å²) in [4.78, 5) is 4.77. The number of anilines is 1. The van der Waals surface area contributed by atoms with Gasteiger partial charge in [0.2, 0.25) is 0 Å². The number of aliphatic hydroxyl groups excluding tert-OH is 1. The molecular formula is C17H27N3O. The van der Waals surface area contributed by atoms with E-state index in [9.17, 15) is 5.11 Å². The molecule has 1 heterocycles. The normalized spacial score (nSPS) is 13.2. The molecule has 0 aliphatic carbocycles. The number of aromatic nitrogens is 2. The van der Waals surface area contributed by atoms with Gasteiger partial charge >= 0.3 is 0 Å². The van der Waals surface area contributed by atoms with Gasteiger partial charge in [-0.15, -0.1) is 0 Å². The van der Waals surface area contributed by atoms with Crippen LogP contribution >= 0.6 is 0 Å². The Balaban J connectivity index is 2.41. The molecule has 21 heavy (non-hydrogen) atoms. The standard InChI is InChI=1S/C17H27N3O/c1-4-5-13(8-9-21)11-20-16-7-6-14(18)10-15(16)19-17(20)12(2)3/h6-7,10,12-13,21H,4-5,8-9,11,18H2,1-3H3. The SMILES string of the molecule is CCCC(CCO)Cn1c(C(C)C)nc2cc(N)ccc21. The van der Waals surface area contributed by atoms with Crippen molar-refractivity contribution in [2.24, 2.45) is 5.92 Å². The van der Waals surface area contributed by atoms with Crippen molar-refractivity contribution in [3.63, 3.8) is 0 Å². The van der Waals surface area contributed by atoms with Crippen LogP contribution in [0.4, 0.5) is 5.69 Å². The van der Waals surface area contributed by atoms with Gasteiger partial charge in [0.25, 0.3) is 0 Å². The first-order valence-electron chi connectivity index (χ1n) is 7.93. The van der Waals surface area contributed by atoms with E-state index in [1.807, 2.05) is 12.1 Å². The van der Waals surface area contributed by atoms with Crippen molar-refractivity contribution in [1.29, 1.82) is 0 Å². The maximum Gasteiger partial charge on any atom is 0.112 e. The fourth-order valence-corrected chi connectivity index (χ4v) is 2.97. The van der Waals surface area contributed by atoms with Crippen LogP contribution in [0, 0.1) is 5.92 Å². The zero-order valence-corrected chi connectivity index (χ0v) is 13.3. The van der Waals surface area contributed by atoms with Gasteiger partial charge in [0.05, 0.1) is 11.0 Å². The summed E-state index contributed by atoms with van der Waals surface area (Å²) in [6.45, 7) is 7.70. The molecule has 1 unspecified atom stereocenters. The van der Waals surface area contributed by atoms with Gasteiger partial charge in [0, 0.05) is 24.8 Å². The lowest BCUT2D eigenvalue weighted by atomic mass is 9.99. The van der Waals surface area contributed by atoms with E-state index in [4.69, 9.17) is 10.7 Å². The third kappa shape index (κ3) is 3.56. The summed E-state index contributed by atoms with van der Waals surface area (Å²) in [7, 11) is 0. The summed E-state index contributed by atoms with van der Waals surface area (Å²) in [5.41, 5.74) is 8.74. The van der Waals surface area contributed by atoms with E-state index in [2.05, 4.69) is 31.4 Å². The lowest BCUT2D eigenvalue weighted by Crippen LogP contribution is -2.15. The van der Waals surface area contributed by atoms with Crippen molar-refractivity contribution in [1.82, 2.24) is 9.55 Å². The molecule has 0 aliphatic rings. The zero-order valence-electron chi connectivity index (χ0n) is 13.3. The maximum atomic E-state index is 9.28. The van der Waals surface area contributed by atoms with Gasteiger partial charge in [0.1, 0.15) is 5.82 Å². The van der Waals surface area contributed by atoms with E-state index in [-0.39, 0.29) is 6.61 Å². The molecule has 1 aromatic carbocycles. The van der Waals surface area contributed by atoms with Crippen molar-refractivity contribution >= 4 is 16.7 Å². The van der Waals surface area contributed by atoms with Gasteiger partial charge in [-0.3, -0.25) is 0 Å². The Kier molecular flexibility index (Phi) is 5.23. The molecule has 0 fully saturated rings. The van der Waals surface area contributed by atoms with Crippen LogP contribution in [0.1, 0.15) is 51.8 Å². The average Bonchev–Trinajstić information content (AvgIpc) is 2.77. The van der Waals surface area contributed by atoms with Crippen molar-refractivity contribution in [3.05, 3.63) is 24.0 Å². The minimum Gasteiger partial charge on any atom is -0.399 e. The van der Waals surface area contributed by atoms with E-state index in [1.165, 1.54) is 0 Å². The Bertz CT molecular complexity index is 583. The molecular weight excluding hydrogens is 262 g/mol. The van der Waals surface area contributed by atoms with Crippen molar-refractivity contribution in [2.45, 2.75) is 52.5 Å². The number of benzene rings is 1. The summed E-state index contributed by atoms with van der Waals surface area (Å²) in [6.07, 6.45) is 3.12. The van der Waals surface area contributed by atoms with E-state index < -0.39 is 0 Å². The Hall–Kier alpha value is -1.55. The second-order valence-electron chi connectivity index (χ2n) is 6.15. The van der Waals surface area contributed by atoms with Crippen LogP contribution in [0.25, 0.3) is 11.0 Å². The highest BCUT2D eigenvalue weighted by Crippen LogP contribution is 2.26. The number of nitrogens with two attached hydrogens (primary N) is 1. The smallest absolute Gasteiger partial charge is 0.112 e. The molecule has 2 aromatic rings. The largest absolute Gasteiger partial charge is 0.399 e. The lowest BCUT2D eigenvalue weighted by molar-refractivity contribution is 0.240. The molecule has 0 saturated carbocycles. The summed E-state index contributed by atoms with van der Waals surface area (Å²) >= 11 is 0. The van der Waals surface area contributed by atoms with E-state index in [0.717, 1.165) is 48.4 Å². The second kappa shape index (κ2) is 6.94. The number of aliphatic hydroxyl groups is 1. The van der Waals surface area contributed by atoms with Gasteiger partial charge in [-0.25, -0.2) is 4.98 Å². The first kappa shape index (κ1) is 15.8. The fraction of sp³-hybridized carbons (Fsp3) is 0.588. The summed E-state index contributed by atoms with van der Waals surface area (Å²) in [5, 5.41) is 9.28. The van der Waals surface area contributed by atoms with Crippen LogP contribution in [-0.4, -0.2) is 21.3 Å². The number of nitrogens with zero attached hydrogens (tertiary/aromatic N) is 2. The Morgan fingerprint density at radius 3 is 2.67 bits per heavy atom. The molecule has 3 N–H and O–H groups in total. The molecule has 4 heteroatoms. The molecule has 0 amide bonds. The van der Waals surface area contributed by atoms with Gasteiger partial charge < -0.3 is 15.4 Å². The number of nitrogen functional groups attached to an aromatic ring is 1. The highest BCUT2D eigenvalue weighted by molar-refractivity contribution is 5.79. The van der Waals surface area contributed by atoms with E-state index in [1.54, 1.807) is 0 Å². The van der Waals surface area contributed by atoms with Crippen LogP contribution in [-0.2, 0) is 6.54 Å². The number of hydrogen-bond donors (Lipinski definition) is 2. The molecule has 0 radical (unpaired) electrons. The summed E-state index contributed by atoms with van der Waals surface area (Å²) < 4.78 is 2.31. The Morgan fingerprint density at radius 1 is 1.29 bits per heavy atom. The van der Waals surface area contributed by atoms with Gasteiger partial charge in [-0.2, -0.15) is 0 Å². The third-order valence-corrected chi connectivity index (χ3v) is 3.99. The van der Waals surface area contributed by atoms with E-state index in [0.29, 0.717) is 11.8 Å². The number of imidazole rings is 1. The number of fused-ring (bicyclic) bond motifs is 1. The summed E-state index contributed by atoms with van der Waals surface area (Å²) in [6, 6.07) is 5.94. The van der Waals surface area contributed by atoms with E-state index >= 15 is 0 Å². The lowest BCUT2D eigenvalue weighted by Gasteiger charge is -2.19. The van der Waals surface area contributed by atoms with Crippen molar-refractivity contribution < 1.29 is 5.11 Å². The van der Waals surface area contributed by atoms with Crippen molar-refractivity contribution in [2.75, 3.05) is 12.3 Å². The molecule has 2 rings (SSSR count). The second-order valence-corrected chi connectivity index (χ2v) is 6.15. The Labute approximate surface area is 127 Å². The number of hydrogen-bond acceptors (Lipinski definition) is 3. The fourth-order valence-electron chi connectivity index (χ4n) is 2.97. The zero-order chi connectivity index (χ0) is 15.4. The topological polar surface area (TPSA) is 64.1 Å². The van der Waals surface area contributed by atoms with Gasteiger partial charge in [-0.1, -0.05) is 27.2 Å². The molecule has 0 bridgehead atoms. The maximum absolute atomic E-state index is 9.28. The van der Waals surface area contributed by atoms with Gasteiger partial charge in [0.15, 0.2) is 0 Å². The molecule has 0 saturated heterocycles. The first-order chi connectivity index (χ1) is 10.1. The molecule has 1 aromatic heterocycles. The van der Waals surface area contributed by atoms with Crippen molar-refractivity contribution in [3.8, 4) is 0 Å². The minimum absolute atomic E-state index is 0.251. The Morgan fingerprint density at radius 2 is 2.05 bits per heavy atom. The molecule has 4 nitrogen and oxygen atoms in total. The van der Waals surface area contributed by atoms with Crippen LogP contribution in [0.3, 0.4) is 0 Å². The molecule has 0 aliphatic heterocycles.